The Morgan fingerprint density at radius 2 is 1.76 bits per heavy atom. The number of hydrogen-bond donors (Lipinski definition) is 1. The van der Waals surface area contributed by atoms with Crippen LogP contribution in [0.15, 0.2) is 24.3 Å². The van der Waals surface area contributed by atoms with Gasteiger partial charge in [-0.1, -0.05) is 12.1 Å². The molecule has 17 heavy (non-hydrogen) atoms. The predicted octanol–water partition coefficient (Wildman–Crippen LogP) is 2.57. The van der Waals surface area contributed by atoms with Crippen LogP contribution in [0.5, 0.6) is 0 Å². The molecule has 3 heteroatoms. The van der Waals surface area contributed by atoms with Gasteiger partial charge in [0.05, 0.1) is 12.7 Å². The third-order valence-electron chi connectivity index (χ3n) is 2.74. The summed E-state index contributed by atoms with van der Waals surface area (Å²) in [6.45, 7) is 7.75. The summed E-state index contributed by atoms with van der Waals surface area (Å²) in [5, 5.41) is 0. The van der Waals surface area contributed by atoms with Gasteiger partial charge in [-0.3, -0.25) is 0 Å². The van der Waals surface area contributed by atoms with E-state index in [9.17, 15) is 0 Å². The molecule has 0 aliphatic carbocycles. The van der Waals surface area contributed by atoms with Crippen molar-refractivity contribution in [1.82, 2.24) is 0 Å². The molecule has 0 heterocycles. The van der Waals surface area contributed by atoms with E-state index in [1.807, 2.05) is 6.92 Å². The maximum absolute atomic E-state index is 5.82. The Morgan fingerprint density at radius 3 is 2.24 bits per heavy atom. The molecule has 0 saturated heterocycles. The van der Waals surface area contributed by atoms with Crippen molar-refractivity contribution in [3.05, 3.63) is 29.8 Å². The van der Waals surface area contributed by atoms with Crippen LogP contribution >= 0.6 is 0 Å². The van der Waals surface area contributed by atoms with Gasteiger partial charge in [0, 0.05) is 25.3 Å². The van der Waals surface area contributed by atoms with Gasteiger partial charge in [-0.25, -0.2) is 0 Å². The van der Waals surface area contributed by atoms with Crippen molar-refractivity contribution < 1.29 is 4.74 Å². The number of ether oxygens (including phenoxy) is 1. The Kier molecular flexibility index (Phi) is 5.45. The Morgan fingerprint density at radius 1 is 1.18 bits per heavy atom. The van der Waals surface area contributed by atoms with E-state index in [0.717, 1.165) is 13.2 Å². The van der Waals surface area contributed by atoms with Crippen LogP contribution < -0.4 is 10.6 Å². The van der Waals surface area contributed by atoms with Crippen molar-refractivity contribution in [2.45, 2.75) is 32.9 Å². The number of anilines is 1. The van der Waals surface area contributed by atoms with Gasteiger partial charge in [-0.05, 0) is 38.5 Å². The largest absolute Gasteiger partial charge is 0.377 e. The summed E-state index contributed by atoms with van der Waals surface area (Å²) in [6.07, 6.45) is 0.295. The summed E-state index contributed by atoms with van der Waals surface area (Å²) in [4.78, 5) is 2.19. The molecule has 0 amide bonds. The first-order valence-corrected chi connectivity index (χ1v) is 6.19. The summed E-state index contributed by atoms with van der Waals surface area (Å²) >= 11 is 0. The van der Waals surface area contributed by atoms with E-state index in [1.54, 1.807) is 0 Å². The minimum atomic E-state index is 0.0960. The molecular formula is C14H24N2O. The summed E-state index contributed by atoms with van der Waals surface area (Å²) in [5.41, 5.74) is 8.18. The van der Waals surface area contributed by atoms with Gasteiger partial charge in [-0.15, -0.1) is 0 Å². The molecule has 1 aromatic rings. The molecule has 96 valence electrons. The van der Waals surface area contributed by atoms with Crippen molar-refractivity contribution in [2.24, 2.45) is 5.73 Å². The van der Waals surface area contributed by atoms with Crippen molar-refractivity contribution >= 4 is 5.69 Å². The molecule has 1 atom stereocenters. The second kappa shape index (κ2) is 6.62. The van der Waals surface area contributed by atoms with E-state index < -0.39 is 0 Å². The summed E-state index contributed by atoms with van der Waals surface area (Å²) in [7, 11) is 2.07. The number of nitrogens with zero attached hydrogens (tertiary/aromatic N) is 1. The molecule has 2 N–H and O–H groups in total. The Balaban J connectivity index is 2.48. The first-order chi connectivity index (χ1) is 8.00. The number of hydrogen-bond acceptors (Lipinski definition) is 3. The topological polar surface area (TPSA) is 38.5 Å². The third kappa shape index (κ3) is 4.75. The standard InChI is InChI=1S/C14H24N2O/c1-11(2)17-10-9-16(4)14-7-5-13(6-8-14)12(3)15/h5-8,11-12H,9-10,15H2,1-4H3/t12-/m0/s1. The molecule has 1 aromatic carbocycles. The first kappa shape index (κ1) is 14.0. The molecule has 0 aliphatic rings. The van der Waals surface area contributed by atoms with E-state index >= 15 is 0 Å². The zero-order chi connectivity index (χ0) is 12.8. The van der Waals surface area contributed by atoms with Crippen LogP contribution in [0.4, 0.5) is 5.69 Å². The SMILES string of the molecule is CC(C)OCCN(C)c1ccc([C@H](C)N)cc1. The van der Waals surface area contributed by atoms with E-state index in [0.29, 0.717) is 6.10 Å². The molecule has 0 aliphatic heterocycles. The molecule has 0 unspecified atom stereocenters. The lowest BCUT2D eigenvalue weighted by atomic mass is 10.1. The summed E-state index contributed by atoms with van der Waals surface area (Å²) in [6, 6.07) is 8.47. The predicted molar refractivity (Wildman–Crippen MR) is 73.4 cm³/mol. The molecule has 3 nitrogen and oxygen atoms in total. The van der Waals surface area contributed by atoms with Gasteiger partial charge in [0.25, 0.3) is 0 Å². The monoisotopic (exact) mass is 236 g/mol. The maximum Gasteiger partial charge on any atom is 0.0644 e. The van der Waals surface area contributed by atoms with Gasteiger partial charge in [0.1, 0.15) is 0 Å². The first-order valence-electron chi connectivity index (χ1n) is 6.19. The van der Waals surface area contributed by atoms with Crippen molar-refractivity contribution in [3.8, 4) is 0 Å². The van der Waals surface area contributed by atoms with Gasteiger partial charge in [0.15, 0.2) is 0 Å². The molecule has 0 saturated carbocycles. The van der Waals surface area contributed by atoms with Crippen LogP contribution in [0.1, 0.15) is 32.4 Å². The Labute approximate surface area is 105 Å². The van der Waals surface area contributed by atoms with Gasteiger partial charge in [-0.2, -0.15) is 0 Å². The molecule has 0 radical (unpaired) electrons. The summed E-state index contributed by atoms with van der Waals surface area (Å²) in [5.74, 6) is 0. The van der Waals surface area contributed by atoms with E-state index in [2.05, 4.69) is 50.1 Å². The molecule has 0 bridgehead atoms. The Bertz CT molecular complexity index is 319. The fraction of sp³-hybridized carbons (Fsp3) is 0.571. The van der Waals surface area contributed by atoms with Crippen LogP contribution in [0, 0.1) is 0 Å². The summed E-state index contributed by atoms with van der Waals surface area (Å²) < 4.78 is 5.53. The van der Waals surface area contributed by atoms with Crippen LogP contribution in [-0.4, -0.2) is 26.3 Å². The zero-order valence-electron chi connectivity index (χ0n) is 11.3. The molecule has 0 spiro atoms. The van der Waals surface area contributed by atoms with E-state index in [-0.39, 0.29) is 6.04 Å². The van der Waals surface area contributed by atoms with Crippen molar-refractivity contribution in [1.29, 1.82) is 0 Å². The molecular weight excluding hydrogens is 212 g/mol. The van der Waals surface area contributed by atoms with Gasteiger partial charge < -0.3 is 15.4 Å². The average Bonchev–Trinajstić information content (AvgIpc) is 2.28. The number of rotatable bonds is 6. The lowest BCUT2D eigenvalue weighted by Gasteiger charge is -2.20. The highest BCUT2D eigenvalue weighted by Gasteiger charge is 2.03. The number of likely N-dealkylation sites (N-methyl/N-ethyl adjacent to an activating group) is 1. The highest BCUT2D eigenvalue weighted by molar-refractivity contribution is 5.47. The zero-order valence-corrected chi connectivity index (χ0v) is 11.3. The van der Waals surface area contributed by atoms with Gasteiger partial charge >= 0.3 is 0 Å². The van der Waals surface area contributed by atoms with Gasteiger partial charge in [0.2, 0.25) is 0 Å². The normalized spacial score (nSPS) is 12.8. The molecule has 0 aromatic heterocycles. The van der Waals surface area contributed by atoms with Crippen LogP contribution in [0.3, 0.4) is 0 Å². The van der Waals surface area contributed by atoms with Crippen molar-refractivity contribution in [2.75, 3.05) is 25.1 Å². The average molecular weight is 236 g/mol. The van der Waals surface area contributed by atoms with Crippen LogP contribution in [0.2, 0.25) is 0 Å². The molecule has 1 rings (SSSR count). The maximum atomic E-state index is 5.82. The second-order valence-electron chi connectivity index (χ2n) is 4.72. The van der Waals surface area contributed by atoms with E-state index in [4.69, 9.17) is 10.5 Å². The lowest BCUT2D eigenvalue weighted by Crippen LogP contribution is -2.23. The minimum Gasteiger partial charge on any atom is -0.377 e. The fourth-order valence-corrected chi connectivity index (χ4v) is 1.59. The second-order valence-corrected chi connectivity index (χ2v) is 4.72. The third-order valence-corrected chi connectivity index (χ3v) is 2.74. The fourth-order valence-electron chi connectivity index (χ4n) is 1.59. The quantitative estimate of drug-likeness (QED) is 0.825. The highest BCUT2D eigenvalue weighted by Crippen LogP contribution is 2.16. The lowest BCUT2D eigenvalue weighted by molar-refractivity contribution is 0.0846. The van der Waals surface area contributed by atoms with Crippen LogP contribution in [-0.2, 0) is 4.74 Å². The smallest absolute Gasteiger partial charge is 0.0644 e. The number of nitrogens with two attached hydrogens (primary N) is 1. The Hall–Kier alpha value is -1.06. The number of benzene rings is 1. The van der Waals surface area contributed by atoms with Crippen molar-refractivity contribution in [3.63, 3.8) is 0 Å². The highest BCUT2D eigenvalue weighted by atomic mass is 16.5. The van der Waals surface area contributed by atoms with E-state index in [1.165, 1.54) is 11.3 Å². The van der Waals surface area contributed by atoms with Crippen LogP contribution in [0.25, 0.3) is 0 Å². The molecule has 0 fully saturated rings. The minimum absolute atomic E-state index is 0.0960.